The molecule has 0 spiro atoms. The van der Waals surface area contributed by atoms with E-state index < -0.39 is 0 Å². The number of carbonyl (C=O) groups is 1. The molecular formula is C27H32ClNO3. The zero-order valence-electron chi connectivity index (χ0n) is 19.4. The molecule has 4 nitrogen and oxygen atoms in total. The first-order valence-corrected chi connectivity index (χ1v) is 12.0. The monoisotopic (exact) mass is 453 g/mol. The first-order valence-electron chi connectivity index (χ1n) is 11.6. The molecule has 2 heterocycles. The van der Waals surface area contributed by atoms with Crippen molar-refractivity contribution in [2.45, 2.75) is 58.2 Å². The summed E-state index contributed by atoms with van der Waals surface area (Å²) < 4.78 is 11.4. The SMILES string of the molecule is COCC1C[C@@H](C2CCc3cc4c(cc3C2=O)COc2cc(Cl)ccc2-4)N(C(C)(C)C)C1. The second-order valence-corrected chi connectivity index (χ2v) is 11.0. The number of Topliss-reactive ketones (excluding diaryl/α,β-unsaturated/α-hetero) is 1. The molecule has 2 unspecified atom stereocenters. The molecule has 0 radical (unpaired) electrons. The van der Waals surface area contributed by atoms with Crippen LogP contribution >= 0.6 is 11.6 Å². The van der Waals surface area contributed by atoms with Crippen LogP contribution in [0.3, 0.4) is 0 Å². The quantitative estimate of drug-likeness (QED) is 0.590. The van der Waals surface area contributed by atoms with E-state index in [0.717, 1.165) is 54.9 Å². The summed E-state index contributed by atoms with van der Waals surface area (Å²) in [6.07, 6.45) is 2.87. The molecule has 5 rings (SSSR count). The van der Waals surface area contributed by atoms with Gasteiger partial charge in [0.1, 0.15) is 12.4 Å². The van der Waals surface area contributed by atoms with E-state index in [1.807, 2.05) is 18.2 Å². The topological polar surface area (TPSA) is 38.8 Å². The molecule has 0 amide bonds. The number of ether oxygens (including phenoxy) is 2. The predicted molar refractivity (Wildman–Crippen MR) is 128 cm³/mol. The summed E-state index contributed by atoms with van der Waals surface area (Å²) in [6.45, 7) is 9.00. The van der Waals surface area contributed by atoms with Gasteiger partial charge in [-0.25, -0.2) is 0 Å². The smallest absolute Gasteiger partial charge is 0.167 e. The Labute approximate surface area is 195 Å². The van der Waals surface area contributed by atoms with Crippen LogP contribution in [0.5, 0.6) is 5.75 Å². The van der Waals surface area contributed by atoms with E-state index in [2.05, 4.69) is 37.8 Å². The van der Waals surface area contributed by atoms with Gasteiger partial charge >= 0.3 is 0 Å². The van der Waals surface area contributed by atoms with Crippen molar-refractivity contribution in [1.29, 1.82) is 0 Å². The molecule has 1 fully saturated rings. The Bertz CT molecular complexity index is 1060. The Morgan fingerprint density at radius 1 is 1.12 bits per heavy atom. The minimum Gasteiger partial charge on any atom is -0.488 e. The van der Waals surface area contributed by atoms with E-state index in [4.69, 9.17) is 21.1 Å². The summed E-state index contributed by atoms with van der Waals surface area (Å²) in [7, 11) is 1.77. The third-order valence-corrected chi connectivity index (χ3v) is 7.67. The Morgan fingerprint density at radius 2 is 1.91 bits per heavy atom. The van der Waals surface area contributed by atoms with Gasteiger partial charge in [0, 0.05) is 47.3 Å². The second-order valence-electron chi connectivity index (χ2n) is 10.6. The number of aryl methyl sites for hydroxylation is 1. The Balaban J connectivity index is 1.47. The summed E-state index contributed by atoms with van der Waals surface area (Å²) in [5.41, 5.74) is 5.41. The zero-order chi connectivity index (χ0) is 22.6. The third kappa shape index (κ3) is 3.76. The van der Waals surface area contributed by atoms with E-state index in [9.17, 15) is 4.79 Å². The van der Waals surface area contributed by atoms with Crippen molar-refractivity contribution in [2.75, 3.05) is 20.3 Å². The normalized spacial score (nSPS) is 25.2. The third-order valence-electron chi connectivity index (χ3n) is 7.43. The highest BCUT2D eigenvalue weighted by Crippen LogP contribution is 2.44. The van der Waals surface area contributed by atoms with Crippen molar-refractivity contribution in [3.8, 4) is 16.9 Å². The van der Waals surface area contributed by atoms with E-state index in [0.29, 0.717) is 23.3 Å². The first kappa shape index (κ1) is 21.9. The van der Waals surface area contributed by atoms with Gasteiger partial charge in [-0.05, 0) is 93.0 Å². The number of hydrogen-bond donors (Lipinski definition) is 0. The van der Waals surface area contributed by atoms with Crippen LogP contribution in [0, 0.1) is 11.8 Å². The fourth-order valence-corrected chi connectivity index (χ4v) is 6.13. The highest BCUT2D eigenvalue weighted by Gasteiger charge is 2.45. The van der Waals surface area contributed by atoms with Crippen molar-refractivity contribution < 1.29 is 14.3 Å². The lowest BCUT2D eigenvalue weighted by molar-refractivity contribution is 0.0605. The molecule has 170 valence electrons. The number of nitrogens with zero attached hydrogens (tertiary/aromatic N) is 1. The number of rotatable bonds is 3. The molecule has 0 bridgehead atoms. The fourth-order valence-electron chi connectivity index (χ4n) is 5.96. The largest absolute Gasteiger partial charge is 0.488 e. The lowest BCUT2D eigenvalue weighted by Crippen LogP contribution is -2.50. The maximum Gasteiger partial charge on any atom is 0.167 e. The zero-order valence-corrected chi connectivity index (χ0v) is 20.2. The van der Waals surface area contributed by atoms with Crippen molar-refractivity contribution in [3.05, 3.63) is 52.0 Å². The minimum absolute atomic E-state index is 0.0302. The molecule has 2 aliphatic heterocycles. The van der Waals surface area contributed by atoms with Crippen LogP contribution in [-0.2, 0) is 17.8 Å². The number of benzene rings is 2. The number of likely N-dealkylation sites (tertiary alicyclic amines) is 1. The van der Waals surface area contributed by atoms with Crippen LogP contribution in [-0.4, -0.2) is 42.5 Å². The Hall–Kier alpha value is -1.88. The van der Waals surface area contributed by atoms with Crippen LogP contribution in [0.25, 0.3) is 11.1 Å². The summed E-state index contributed by atoms with van der Waals surface area (Å²) in [6, 6.07) is 10.4. The predicted octanol–water partition coefficient (Wildman–Crippen LogP) is 5.78. The number of carbonyl (C=O) groups excluding carboxylic acids is 1. The van der Waals surface area contributed by atoms with E-state index in [1.165, 1.54) is 11.1 Å². The summed E-state index contributed by atoms with van der Waals surface area (Å²) in [4.78, 5) is 16.3. The summed E-state index contributed by atoms with van der Waals surface area (Å²) in [5.74, 6) is 1.64. The fraction of sp³-hybridized carbons (Fsp3) is 0.519. The molecule has 3 aliphatic rings. The molecule has 0 aromatic heterocycles. The maximum atomic E-state index is 13.8. The average molecular weight is 454 g/mol. The Morgan fingerprint density at radius 3 is 2.66 bits per heavy atom. The molecule has 1 saturated heterocycles. The number of halogens is 1. The van der Waals surface area contributed by atoms with Crippen LogP contribution < -0.4 is 4.74 Å². The van der Waals surface area contributed by atoms with Crippen molar-refractivity contribution >= 4 is 17.4 Å². The van der Waals surface area contributed by atoms with Gasteiger partial charge in [-0.2, -0.15) is 0 Å². The van der Waals surface area contributed by atoms with Gasteiger partial charge in [0.2, 0.25) is 0 Å². The summed E-state index contributed by atoms with van der Waals surface area (Å²) in [5, 5.41) is 0.676. The van der Waals surface area contributed by atoms with Crippen molar-refractivity contribution in [1.82, 2.24) is 4.90 Å². The van der Waals surface area contributed by atoms with Crippen LogP contribution in [0.4, 0.5) is 0 Å². The highest BCUT2D eigenvalue weighted by molar-refractivity contribution is 6.30. The molecule has 2 aromatic rings. The Kier molecular flexibility index (Phi) is 5.59. The molecule has 0 N–H and O–H groups in total. The number of methoxy groups -OCH3 is 1. The number of hydrogen-bond acceptors (Lipinski definition) is 4. The van der Waals surface area contributed by atoms with Crippen molar-refractivity contribution in [2.24, 2.45) is 11.8 Å². The van der Waals surface area contributed by atoms with Gasteiger partial charge in [-0.3, -0.25) is 9.69 Å². The average Bonchev–Trinajstić information content (AvgIpc) is 3.17. The molecule has 0 saturated carbocycles. The van der Waals surface area contributed by atoms with Crippen LogP contribution in [0.1, 0.15) is 55.1 Å². The van der Waals surface area contributed by atoms with Gasteiger partial charge in [0.05, 0.1) is 6.61 Å². The maximum absolute atomic E-state index is 13.8. The van der Waals surface area contributed by atoms with Gasteiger partial charge in [-0.1, -0.05) is 11.6 Å². The van der Waals surface area contributed by atoms with Crippen LogP contribution in [0.2, 0.25) is 5.02 Å². The lowest BCUT2D eigenvalue weighted by atomic mass is 9.75. The molecule has 32 heavy (non-hydrogen) atoms. The standard InChI is InChI=1S/C27H32ClNO3/c1-27(2,3)29-13-16(14-31-4)9-24(29)21-7-5-17-10-22-18(11-23(17)26(21)30)15-32-25-12-19(28)6-8-20(22)25/h6,8,10-12,16,21,24H,5,7,9,13-15H2,1-4H3/t16?,21?,24-/m0/s1. The first-order chi connectivity index (χ1) is 15.3. The van der Waals surface area contributed by atoms with E-state index >= 15 is 0 Å². The van der Waals surface area contributed by atoms with Crippen LogP contribution in [0.15, 0.2) is 30.3 Å². The number of fused-ring (bicyclic) bond motifs is 4. The highest BCUT2D eigenvalue weighted by atomic mass is 35.5. The molecule has 3 atom stereocenters. The lowest BCUT2D eigenvalue weighted by Gasteiger charge is -2.41. The van der Waals surface area contributed by atoms with Gasteiger partial charge in [-0.15, -0.1) is 0 Å². The molecular weight excluding hydrogens is 422 g/mol. The van der Waals surface area contributed by atoms with E-state index in [1.54, 1.807) is 7.11 Å². The number of ketones is 1. The van der Waals surface area contributed by atoms with Gasteiger partial charge in [0.15, 0.2) is 5.78 Å². The molecule has 2 aromatic carbocycles. The van der Waals surface area contributed by atoms with Gasteiger partial charge in [0.25, 0.3) is 0 Å². The molecule has 5 heteroatoms. The summed E-state index contributed by atoms with van der Waals surface area (Å²) >= 11 is 6.15. The second kappa shape index (κ2) is 8.16. The molecule has 1 aliphatic carbocycles. The van der Waals surface area contributed by atoms with E-state index in [-0.39, 0.29) is 17.5 Å². The minimum atomic E-state index is 0.0302. The van der Waals surface area contributed by atoms with Gasteiger partial charge < -0.3 is 9.47 Å². The van der Waals surface area contributed by atoms with Crippen molar-refractivity contribution in [3.63, 3.8) is 0 Å².